The Morgan fingerprint density at radius 3 is 2.94 bits per heavy atom. The first-order valence-electron chi connectivity index (χ1n) is 5.53. The van der Waals surface area contributed by atoms with Gasteiger partial charge in [-0.15, -0.1) is 11.3 Å². The Morgan fingerprint density at radius 1 is 1.50 bits per heavy atom. The molecule has 1 aromatic rings. The normalized spacial score (nSPS) is 17.3. The van der Waals surface area contributed by atoms with Crippen LogP contribution in [0.4, 0.5) is 0 Å². The molecule has 0 radical (unpaired) electrons. The van der Waals surface area contributed by atoms with Crippen LogP contribution in [0.15, 0.2) is 13.6 Å². The van der Waals surface area contributed by atoms with Crippen LogP contribution in [-0.4, -0.2) is 42.8 Å². The second kappa shape index (κ2) is 6.27. The fraction of sp³-hybridized carbons (Fsp3) is 0.455. The Labute approximate surface area is 126 Å². The van der Waals surface area contributed by atoms with Gasteiger partial charge in [0.1, 0.15) is 0 Å². The third-order valence-electron chi connectivity index (χ3n) is 2.66. The van der Waals surface area contributed by atoms with Gasteiger partial charge in [-0.25, -0.2) is 0 Å². The van der Waals surface area contributed by atoms with E-state index in [0.717, 1.165) is 20.5 Å². The van der Waals surface area contributed by atoms with Crippen molar-refractivity contribution in [3.63, 3.8) is 0 Å². The summed E-state index contributed by atoms with van der Waals surface area (Å²) in [6, 6.07) is 1.81. The molecule has 0 aromatic carbocycles. The van der Waals surface area contributed by atoms with Crippen molar-refractivity contribution in [2.75, 3.05) is 26.2 Å². The Balaban J connectivity index is 2.02. The minimum Gasteiger partial charge on any atom is -0.355 e. The quantitative estimate of drug-likeness (QED) is 0.798. The van der Waals surface area contributed by atoms with Gasteiger partial charge in [-0.3, -0.25) is 14.5 Å². The molecule has 7 heteroatoms. The zero-order chi connectivity index (χ0) is 13.1. The molecule has 0 atom stereocenters. The Kier molecular flexibility index (Phi) is 4.94. The predicted molar refractivity (Wildman–Crippen MR) is 78.1 cm³/mol. The molecule has 1 amide bonds. The van der Waals surface area contributed by atoms with Gasteiger partial charge >= 0.3 is 0 Å². The van der Waals surface area contributed by atoms with Gasteiger partial charge in [0.05, 0.1) is 20.7 Å². The minimum absolute atomic E-state index is 0.00846. The largest absolute Gasteiger partial charge is 0.355 e. The molecule has 1 fully saturated rings. The number of ketones is 1. The average Bonchev–Trinajstić information content (AvgIpc) is 2.50. The highest BCUT2D eigenvalue weighted by Crippen LogP contribution is 2.32. The minimum atomic E-state index is -0.00846. The van der Waals surface area contributed by atoms with Crippen molar-refractivity contribution < 1.29 is 9.59 Å². The zero-order valence-corrected chi connectivity index (χ0v) is 13.5. The molecular weight excluding hydrogens is 384 g/mol. The van der Waals surface area contributed by atoms with E-state index < -0.39 is 0 Å². The molecule has 1 N–H and O–H groups in total. The smallest absolute Gasteiger partial charge is 0.234 e. The summed E-state index contributed by atoms with van der Waals surface area (Å²) in [5.74, 6) is 0.0318. The molecule has 18 heavy (non-hydrogen) atoms. The summed E-state index contributed by atoms with van der Waals surface area (Å²) < 4.78 is 1.75. The monoisotopic (exact) mass is 394 g/mol. The summed E-state index contributed by atoms with van der Waals surface area (Å²) >= 11 is 8.22. The van der Waals surface area contributed by atoms with E-state index in [4.69, 9.17) is 0 Å². The number of carbonyl (C=O) groups excluding carboxylic acids is 2. The van der Waals surface area contributed by atoms with Crippen LogP contribution in [-0.2, 0) is 4.79 Å². The average molecular weight is 396 g/mol. The van der Waals surface area contributed by atoms with Crippen molar-refractivity contribution in [1.29, 1.82) is 0 Å². The molecular formula is C11H12Br2N2O2S. The van der Waals surface area contributed by atoms with Crippen LogP contribution in [0.1, 0.15) is 16.8 Å². The number of amides is 1. The second-order valence-electron chi connectivity index (χ2n) is 4.08. The summed E-state index contributed by atoms with van der Waals surface area (Å²) in [6.07, 6.45) is 0.882. The molecule has 2 heterocycles. The molecule has 0 aliphatic carbocycles. The van der Waals surface area contributed by atoms with E-state index in [0.29, 0.717) is 18.7 Å². The van der Waals surface area contributed by atoms with Crippen LogP contribution < -0.4 is 5.32 Å². The maximum Gasteiger partial charge on any atom is 0.234 e. The first kappa shape index (κ1) is 14.2. The van der Waals surface area contributed by atoms with E-state index in [1.807, 2.05) is 11.0 Å². The van der Waals surface area contributed by atoms with Crippen molar-refractivity contribution >= 4 is 54.9 Å². The van der Waals surface area contributed by atoms with Gasteiger partial charge < -0.3 is 5.32 Å². The highest BCUT2D eigenvalue weighted by Gasteiger charge is 2.20. The third kappa shape index (κ3) is 3.63. The molecule has 0 unspecified atom stereocenters. The number of rotatable bonds is 3. The van der Waals surface area contributed by atoms with Crippen molar-refractivity contribution in [3.05, 3.63) is 19.2 Å². The number of nitrogens with one attached hydrogen (secondary N) is 1. The summed E-state index contributed by atoms with van der Waals surface area (Å²) in [6.45, 7) is 2.05. The lowest BCUT2D eigenvalue weighted by molar-refractivity contribution is -0.121. The van der Waals surface area contributed by atoms with Crippen LogP contribution in [0.3, 0.4) is 0 Å². The first-order valence-corrected chi connectivity index (χ1v) is 7.93. The third-order valence-corrected chi connectivity index (χ3v) is 5.00. The fourth-order valence-corrected chi connectivity index (χ4v) is 4.68. The highest BCUT2D eigenvalue weighted by atomic mass is 79.9. The van der Waals surface area contributed by atoms with E-state index in [1.165, 1.54) is 11.3 Å². The summed E-state index contributed by atoms with van der Waals surface area (Å²) in [5.41, 5.74) is 0.677. The lowest BCUT2D eigenvalue weighted by atomic mass is 10.2. The molecule has 0 bridgehead atoms. The van der Waals surface area contributed by atoms with Crippen LogP contribution in [0.2, 0.25) is 0 Å². The van der Waals surface area contributed by atoms with E-state index >= 15 is 0 Å². The number of nitrogens with zero attached hydrogens (tertiary/aromatic N) is 1. The van der Waals surface area contributed by atoms with Crippen molar-refractivity contribution in [2.45, 2.75) is 6.42 Å². The number of hydrogen-bond donors (Lipinski definition) is 1. The predicted octanol–water partition coefficient (Wildman–Crippen LogP) is 2.28. The van der Waals surface area contributed by atoms with Crippen LogP contribution in [0.25, 0.3) is 0 Å². The van der Waals surface area contributed by atoms with E-state index in [1.54, 1.807) is 0 Å². The Morgan fingerprint density at radius 2 is 2.28 bits per heavy atom. The van der Waals surface area contributed by atoms with Gasteiger partial charge in [0.2, 0.25) is 5.91 Å². The SMILES string of the molecule is O=C1CN(CC(=O)c2cc(Br)sc2Br)CCCN1. The maximum atomic E-state index is 12.1. The molecule has 98 valence electrons. The first-order chi connectivity index (χ1) is 8.56. The van der Waals surface area contributed by atoms with Gasteiger partial charge in [-0.2, -0.15) is 0 Å². The molecule has 0 saturated carbocycles. The van der Waals surface area contributed by atoms with E-state index in [2.05, 4.69) is 37.2 Å². The molecule has 1 saturated heterocycles. The highest BCUT2D eigenvalue weighted by molar-refractivity contribution is 9.12. The van der Waals surface area contributed by atoms with Crippen molar-refractivity contribution in [3.8, 4) is 0 Å². The van der Waals surface area contributed by atoms with E-state index in [-0.39, 0.29) is 18.2 Å². The summed E-state index contributed by atoms with van der Waals surface area (Å²) in [5, 5.41) is 2.80. The number of hydrogen-bond acceptors (Lipinski definition) is 4. The lowest BCUT2D eigenvalue weighted by Crippen LogP contribution is -2.36. The van der Waals surface area contributed by atoms with Gasteiger partial charge in [-0.1, -0.05) is 0 Å². The molecule has 0 spiro atoms. The Hall–Kier alpha value is -0.240. The molecule has 1 aliphatic rings. The van der Waals surface area contributed by atoms with Crippen LogP contribution in [0.5, 0.6) is 0 Å². The van der Waals surface area contributed by atoms with Crippen molar-refractivity contribution in [1.82, 2.24) is 10.2 Å². The van der Waals surface area contributed by atoms with Gasteiger partial charge in [0, 0.05) is 18.7 Å². The number of thiophene rings is 1. The lowest BCUT2D eigenvalue weighted by Gasteiger charge is -2.16. The van der Waals surface area contributed by atoms with E-state index in [9.17, 15) is 9.59 Å². The standard InChI is InChI=1S/C11H12Br2N2O2S/c12-9-4-7(11(13)18-9)8(16)5-15-3-1-2-14-10(17)6-15/h4H,1-3,5-6H2,(H,14,17). The van der Waals surface area contributed by atoms with Crippen molar-refractivity contribution in [2.24, 2.45) is 0 Å². The van der Waals surface area contributed by atoms with Crippen LogP contribution in [0, 0.1) is 0 Å². The van der Waals surface area contributed by atoms with Crippen LogP contribution >= 0.6 is 43.2 Å². The molecule has 2 rings (SSSR count). The van der Waals surface area contributed by atoms with Gasteiger partial charge in [0.15, 0.2) is 5.78 Å². The second-order valence-corrected chi connectivity index (χ2v) is 7.82. The zero-order valence-electron chi connectivity index (χ0n) is 9.54. The number of carbonyl (C=O) groups is 2. The molecule has 4 nitrogen and oxygen atoms in total. The summed E-state index contributed by atoms with van der Waals surface area (Å²) in [7, 11) is 0. The number of halogens is 2. The number of Topliss-reactive ketones (excluding diaryl/α,β-unsaturated/α-hetero) is 1. The van der Waals surface area contributed by atoms with Gasteiger partial charge in [0.25, 0.3) is 0 Å². The maximum absolute atomic E-state index is 12.1. The summed E-state index contributed by atoms with van der Waals surface area (Å²) in [4.78, 5) is 25.4. The molecule has 1 aliphatic heterocycles. The fourth-order valence-electron chi connectivity index (χ4n) is 1.82. The van der Waals surface area contributed by atoms with Gasteiger partial charge in [-0.05, 0) is 44.3 Å². The topological polar surface area (TPSA) is 49.4 Å². The Bertz CT molecular complexity index is 476. The molecule has 1 aromatic heterocycles.